The van der Waals surface area contributed by atoms with Crippen molar-refractivity contribution in [2.75, 3.05) is 0 Å². The number of benzene rings is 1. The van der Waals surface area contributed by atoms with Gasteiger partial charge in [-0.2, -0.15) is 0 Å². The van der Waals surface area contributed by atoms with Gasteiger partial charge in [0.05, 0.1) is 0 Å². The topological polar surface area (TPSA) is 32.3 Å². The van der Waals surface area contributed by atoms with E-state index in [2.05, 4.69) is 12.2 Å². The summed E-state index contributed by atoms with van der Waals surface area (Å²) in [6.45, 7) is 3.02. The van der Waals surface area contributed by atoms with Crippen LogP contribution >= 0.6 is 11.6 Å². The molecule has 0 heterocycles. The monoisotopic (exact) mass is 267 g/mol. The first-order valence-electron chi connectivity index (χ1n) is 6.87. The average Bonchev–Trinajstić information content (AvgIpc) is 2.55. The maximum Gasteiger partial charge on any atom is 0.120 e. The highest BCUT2D eigenvalue weighted by molar-refractivity contribution is 6.30. The molecule has 0 bridgehead atoms. The van der Waals surface area contributed by atoms with Crippen LogP contribution in [0, 0.1) is 5.92 Å². The number of hydrogen-bond acceptors (Lipinski definition) is 2. The molecule has 100 valence electrons. The zero-order valence-electron chi connectivity index (χ0n) is 11.0. The van der Waals surface area contributed by atoms with Crippen molar-refractivity contribution < 1.29 is 5.11 Å². The van der Waals surface area contributed by atoms with Crippen LogP contribution in [0.25, 0.3) is 0 Å². The van der Waals surface area contributed by atoms with Crippen molar-refractivity contribution >= 4 is 11.6 Å². The Hall–Kier alpha value is -0.730. The average molecular weight is 268 g/mol. The second-order valence-electron chi connectivity index (χ2n) is 5.38. The quantitative estimate of drug-likeness (QED) is 0.808. The Bertz CT molecular complexity index is 394. The maximum atomic E-state index is 9.79. The first-order valence-corrected chi connectivity index (χ1v) is 7.25. The summed E-state index contributed by atoms with van der Waals surface area (Å²) in [5, 5.41) is 14.0. The fourth-order valence-electron chi connectivity index (χ4n) is 2.73. The molecule has 0 saturated heterocycles. The van der Waals surface area contributed by atoms with Gasteiger partial charge in [-0.3, -0.25) is 0 Å². The van der Waals surface area contributed by atoms with Crippen molar-refractivity contribution in [1.29, 1.82) is 0 Å². The molecule has 1 aliphatic carbocycles. The Balaban J connectivity index is 1.95. The van der Waals surface area contributed by atoms with Gasteiger partial charge in [0.1, 0.15) is 5.75 Å². The summed E-state index contributed by atoms with van der Waals surface area (Å²) in [5.41, 5.74) is 0.888. The molecule has 0 aromatic heterocycles. The van der Waals surface area contributed by atoms with E-state index in [-0.39, 0.29) is 0 Å². The van der Waals surface area contributed by atoms with Crippen molar-refractivity contribution in [3.8, 4) is 5.75 Å². The van der Waals surface area contributed by atoms with E-state index in [1.54, 1.807) is 12.1 Å². The molecule has 1 aromatic rings. The SMILES string of the molecule is CC1CCCCCC1NCc1cc(Cl)ccc1O. The molecule has 0 radical (unpaired) electrons. The zero-order valence-corrected chi connectivity index (χ0v) is 11.7. The molecule has 2 N–H and O–H groups in total. The lowest BCUT2D eigenvalue weighted by Crippen LogP contribution is -2.33. The fraction of sp³-hybridized carbons (Fsp3) is 0.600. The van der Waals surface area contributed by atoms with E-state index in [0.29, 0.717) is 29.3 Å². The number of halogens is 1. The van der Waals surface area contributed by atoms with Crippen molar-refractivity contribution in [2.24, 2.45) is 5.92 Å². The number of nitrogens with one attached hydrogen (secondary N) is 1. The largest absolute Gasteiger partial charge is 0.508 e. The maximum absolute atomic E-state index is 9.79. The summed E-state index contributed by atoms with van der Waals surface area (Å²) in [6.07, 6.45) is 6.55. The normalized spacial score (nSPS) is 24.8. The van der Waals surface area contributed by atoms with E-state index >= 15 is 0 Å². The van der Waals surface area contributed by atoms with Gasteiger partial charge in [0.2, 0.25) is 0 Å². The van der Waals surface area contributed by atoms with Crippen molar-refractivity contribution in [3.63, 3.8) is 0 Å². The third-order valence-electron chi connectivity index (χ3n) is 3.96. The molecule has 0 amide bonds. The van der Waals surface area contributed by atoms with E-state index in [4.69, 9.17) is 11.6 Å². The van der Waals surface area contributed by atoms with Crippen LogP contribution in [0.3, 0.4) is 0 Å². The molecule has 1 aliphatic rings. The highest BCUT2D eigenvalue weighted by Gasteiger charge is 2.19. The molecule has 2 nitrogen and oxygen atoms in total. The van der Waals surface area contributed by atoms with Gasteiger partial charge >= 0.3 is 0 Å². The molecule has 1 aromatic carbocycles. The van der Waals surface area contributed by atoms with E-state index in [0.717, 1.165) is 5.56 Å². The fourth-order valence-corrected chi connectivity index (χ4v) is 2.93. The van der Waals surface area contributed by atoms with Crippen molar-refractivity contribution in [2.45, 2.75) is 51.6 Å². The van der Waals surface area contributed by atoms with Crippen LogP contribution in [0.15, 0.2) is 18.2 Å². The first kappa shape index (κ1) is 13.7. The lowest BCUT2D eigenvalue weighted by molar-refractivity contribution is 0.353. The van der Waals surface area contributed by atoms with Gasteiger partial charge in [-0.15, -0.1) is 0 Å². The van der Waals surface area contributed by atoms with Crippen LogP contribution in [0.2, 0.25) is 5.02 Å². The van der Waals surface area contributed by atoms with Gasteiger partial charge < -0.3 is 10.4 Å². The van der Waals surface area contributed by atoms with Gasteiger partial charge in [-0.05, 0) is 37.0 Å². The summed E-state index contributed by atoms with van der Waals surface area (Å²) in [5.74, 6) is 1.04. The lowest BCUT2D eigenvalue weighted by atomic mass is 9.97. The van der Waals surface area contributed by atoms with Gasteiger partial charge in [0.25, 0.3) is 0 Å². The summed E-state index contributed by atoms with van der Waals surface area (Å²) in [4.78, 5) is 0. The Labute approximate surface area is 114 Å². The number of hydrogen-bond donors (Lipinski definition) is 2. The molecule has 0 aliphatic heterocycles. The van der Waals surface area contributed by atoms with Crippen LogP contribution in [-0.4, -0.2) is 11.1 Å². The molecule has 2 rings (SSSR count). The van der Waals surface area contributed by atoms with Crippen LogP contribution in [0.1, 0.15) is 44.6 Å². The number of phenols is 1. The van der Waals surface area contributed by atoms with Gasteiger partial charge in [-0.1, -0.05) is 37.8 Å². The van der Waals surface area contributed by atoms with E-state index in [1.165, 1.54) is 32.1 Å². The zero-order chi connectivity index (χ0) is 13.0. The van der Waals surface area contributed by atoms with Gasteiger partial charge in [-0.25, -0.2) is 0 Å². The summed E-state index contributed by atoms with van der Waals surface area (Å²) in [7, 11) is 0. The number of aromatic hydroxyl groups is 1. The Morgan fingerprint density at radius 1 is 1.28 bits per heavy atom. The molecular formula is C15H22ClNO. The third kappa shape index (κ3) is 3.63. The molecule has 1 fully saturated rings. The van der Waals surface area contributed by atoms with Gasteiger partial charge in [0.15, 0.2) is 0 Å². The van der Waals surface area contributed by atoms with Crippen LogP contribution in [-0.2, 0) is 6.54 Å². The van der Waals surface area contributed by atoms with Crippen LogP contribution < -0.4 is 5.32 Å². The number of phenolic OH excluding ortho intramolecular Hbond substituents is 1. The molecule has 18 heavy (non-hydrogen) atoms. The minimum atomic E-state index is 0.327. The van der Waals surface area contributed by atoms with Crippen LogP contribution in [0.5, 0.6) is 5.75 Å². The molecule has 2 unspecified atom stereocenters. The van der Waals surface area contributed by atoms with Gasteiger partial charge in [0, 0.05) is 23.2 Å². The van der Waals surface area contributed by atoms with Crippen LogP contribution in [0.4, 0.5) is 0 Å². The minimum Gasteiger partial charge on any atom is -0.508 e. The van der Waals surface area contributed by atoms with Crippen molar-refractivity contribution in [1.82, 2.24) is 5.32 Å². The highest BCUT2D eigenvalue weighted by Crippen LogP contribution is 2.25. The first-order chi connectivity index (χ1) is 8.66. The van der Waals surface area contributed by atoms with E-state index < -0.39 is 0 Å². The summed E-state index contributed by atoms with van der Waals surface area (Å²) < 4.78 is 0. The smallest absolute Gasteiger partial charge is 0.120 e. The Morgan fingerprint density at radius 3 is 2.89 bits per heavy atom. The van der Waals surface area contributed by atoms with Crippen molar-refractivity contribution in [3.05, 3.63) is 28.8 Å². The predicted molar refractivity (Wildman–Crippen MR) is 76.0 cm³/mol. The minimum absolute atomic E-state index is 0.327. The molecule has 0 spiro atoms. The van der Waals surface area contributed by atoms with E-state index in [1.807, 2.05) is 6.07 Å². The van der Waals surface area contributed by atoms with E-state index in [9.17, 15) is 5.11 Å². The highest BCUT2D eigenvalue weighted by atomic mass is 35.5. The second kappa shape index (κ2) is 6.44. The Morgan fingerprint density at radius 2 is 2.06 bits per heavy atom. The third-order valence-corrected chi connectivity index (χ3v) is 4.19. The Kier molecular flexibility index (Phi) is 4.90. The molecular weight excluding hydrogens is 246 g/mol. The summed E-state index contributed by atoms with van der Waals surface area (Å²) in [6, 6.07) is 5.78. The predicted octanol–water partition coefficient (Wildman–Crippen LogP) is 4.10. The standard InChI is InChI=1S/C15H22ClNO/c1-11-5-3-2-4-6-14(11)17-10-12-9-13(16)7-8-15(12)18/h7-9,11,14,17-18H,2-6,10H2,1H3. The molecule has 1 saturated carbocycles. The molecule has 2 atom stereocenters. The second-order valence-corrected chi connectivity index (χ2v) is 5.81. The molecule has 3 heteroatoms. The lowest BCUT2D eigenvalue weighted by Gasteiger charge is -2.23. The summed E-state index contributed by atoms with van der Waals surface area (Å²) >= 11 is 5.95. The number of rotatable bonds is 3.